The molecule has 0 saturated carbocycles. The quantitative estimate of drug-likeness (QED) is 0.163. The van der Waals surface area contributed by atoms with Crippen LogP contribution in [0.1, 0.15) is 0 Å². The van der Waals surface area contributed by atoms with Crippen LogP contribution in [0.4, 0.5) is 0 Å². The molecule has 11 aromatic carbocycles. The molecule has 0 fully saturated rings. The number of aromatic nitrogens is 3. The van der Waals surface area contributed by atoms with Crippen molar-refractivity contribution >= 4 is 75.8 Å². The monoisotopic (exact) mass is 801 g/mol. The summed E-state index contributed by atoms with van der Waals surface area (Å²) in [6.07, 6.45) is 0. The SMILES string of the molecule is c1cc(-c2nc(-c3ccc(-c4cc5ccccc5c5ccccc45)c4ccccc34)nc(-c3cccc4c3oc3ccccc34)n2)cc(-c2cc3ccccc3c3ccccc23)c1. The first kappa shape index (κ1) is 35.3. The molecule has 13 aromatic rings. The molecule has 0 saturated heterocycles. The Balaban J connectivity index is 1.04. The van der Waals surface area contributed by atoms with Crippen molar-refractivity contribution in [2.24, 2.45) is 0 Å². The molecular formula is C59H35N3O. The van der Waals surface area contributed by atoms with Gasteiger partial charge in [-0.05, 0) is 113 Å². The molecule has 63 heavy (non-hydrogen) atoms. The number of fused-ring (bicyclic) bond motifs is 10. The molecule has 0 unspecified atom stereocenters. The third-order valence-electron chi connectivity index (χ3n) is 12.7. The minimum atomic E-state index is 0.551. The summed E-state index contributed by atoms with van der Waals surface area (Å²) >= 11 is 0. The van der Waals surface area contributed by atoms with Gasteiger partial charge in [-0.15, -0.1) is 0 Å². The first-order valence-corrected chi connectivity index (χ1v) is 21.3. The Hall–Kier alpha value is -8.47. The summed E-state index contributed by atoms with van der Waals surface area (Å²) in [6.45, 7) is 0. The van der Waals surface area contributed by atoms with Crippen LogP contribution in [0.2, 0.25) is 0 Å². The highest BCUT2D eigenvalue weighted by atomic mass is 16.3. The van der Waals surface area contributed by atoms with E-state index in [0.29, 0.717) is 17.5 Å². The van der Waals surface area contributed by atoms with Crippen molar-refractivity contribution < 1.29 is 4.42 Å². The smallest absolute Gasteiger partial charge is 0.167 e. The summed E-state index contributed by atoms with van der Waals surface area (Å²) in [4.78, 5) is 16.0. The van der Waals surface area contributed by atoms with Crippen LogP contribution in [0.3, 0.4) is 0 Å². The van der Waals surface area contributed by atoms with Crippen molar-refractivity contribution in [2.45, 2.75) is 0 Å². The van der Waals surface area contributed by atoms with E-state index in [4.69, 9.17) is 19.4 Å². The Morgan fingerprint density at radius 2 is 0.714 bits per heavy atom. The minimum absolute atomic E-state index is 0.551. The third-order valence-corrected chi connectivity index (χ3v) is 12.7. The van der Waals surface area contributed by atoms with Crippen LogP contribution >= 0.6 is 0 Å². The Bertz CT molecular complexity index is 4000. The maximum atomic E-state index is 6.58. The summed E-state index contributed by atoms with van der Waals surface area (Å²) in [6, 6.07) is 75.3. The van der Waals surface area contributed by atoms with E-state index in [-0.39, 0.29) is 0 Å². The summed E-state index contributed by atoms with van der Waals surface area (Å²) in [5, 5.41) is 14.1. The lowest BCUT2D eigenvalue weighted by Crippen LogP contribution is -2.01. The Morgan fingerprint density at radius 1 is 0.254 bits per heavy atom. The highest BCUT2D eigenvalue weighted by molar-refractivity contribution is 6.18. The maximum Gasteiger partial charge on any atom is 0.167 e. The average molecular weight is 802 g/mol. The molecule has 4 heteroatoms. The highest BCUT2D eigenvalue weighted by Crippen LogP contribution is 2.42. The Kier molecular flexibility index (Phi) is 7.87. The zero-order valence-electron chi connectivity index (χ0n) is 34.0. The summed E-state index contributed by atoms with van der Waals surface area (Å²) in [7, 11) is 0. The lowest BCUT2D eigenvalue weighted by molar-refractivity contribution is 0.669. The predicted molar refractivity (Wildman–Crippen MR) is 262 cm³/mol. The third kappa shape index (κ3) is 5.66. The molecule has 0 aliphatic carbocycles. The summed E-state index contributed by atoms with van der Waals surface area (Å²) in [5.74, 6) is 1.73. The summed E-state index contributed by atoms with van der Waals surface area (Å²) in [5.41, 5.74) is 8.83. The van der Waals surface area contributed by atoms with Gasteiger partial charge in [0.1, 0.15) is 11.2 Å². The molecule has 13 rings (SSSR count). The van der Waals surface area contributed by atoms with Crippen LogP contribution in [0, 0.1) is 0 Å². The van der Waals surface area contributed by atoms with Gasteiger partial charge in [0, 0.05) is 21.9 Å². The predicted octanol–water partition coefficient (Wildman–Crippen LogP) is 15.9. The van der Waals surface area contributed by atoms with E-state index in [1.807, 2.05) is 18.2 Å². The molecule has 0 aliphatic rings. The van der Waals surface area contributed by atoms with Gasteiger partial charge >= 0.3 is 0 Å². The van der Waals surface area contributed by atoms with Crippen molar-refractivity contribution in [1.82, 2.24) is 15.0 Å². The fourth-order valence-electron chi connectivity index (χ4n) is 9.79. The maximum absolute atomic E-state index is 6.58. The molecule has 0 radical (unpaired) electrons. The number of para-hydroxylation sites is 2. The number of hydrogen-bond donors (Lipinski definition) is 0. The van der Waals surface area contributed by atoms with E-state index in [9.17, 15) is 0 Å². The van der Waals surface area contributed by atoms with Crippen LogP contribution in [0.5, 0.6) is 0 Å². The van der Waals surface area contributed by atoms with Gasteiger partial charge in [0.15, 0.2) is 17.5 Å². The lowest BCUT2D eigenvalue weighted by atomic mass is 9.89. The van der Waals surface area contributed by atoms with Gasteiger partial charge in [-0.1, -0.05) is 176 Å². The molecule has 292 valence electrons. The Labute approximate surface area is 362 Å². The molecular weight excluding hydrogens is 767 g/mol. The van der Waals surface area contributed by atoms with Gasteiger partial charge in [0.05, 0.1) is 5.56 Å². The van der Waals surface area contributed by atoms with E-state index in [1.54, 1.807) is 0 Å². The highest BCUT2D eigenvalue weighted by Gasteiger charge is 2.21. The van der Waals surface area contributed by atoms with Crippen molar-refractivity contribution in [3.8, 4) is 56.4 Å². The van der Waals surface area contributed by atoms with Crippen LogP contribution in [0.25, 0.3) is 132 Å². The van der Waals surface area contributed by atoms with Crippen molar-refractivity contribution in [3.05, 3.63) is 212 Å². The van der Waals surface area contributed by atoms with Crippen LogP contribution in [-0.4, -0.2) is 15.0 Å². The molecule has 2 heterocycles. The molecule has 0 aliphatic heterocycles. The number of nitrogens with zero attached hydrogens (tertiary/aromatic N) is 3. The zero-order chi connectivity index (χ0) is 41.4. The summed E-state index contributed by atoms with van der Waals surface area (Å²) < 4.78 is 6.58. The van der Waals surface area contributed by atoms with Crippen molar-refractivity contribution in [1.29, 1.82) is 0 Å². The second kappa shape index (κ2) is 14.1. The van der Waals surface area contributed by atoms with Crippen LogP contribution in [-0.2, 0) is 0 Å². The normalized spacial score (nSPS) is 11.8. The van der Waals surface area contributed by atoms with Gasteiger partial charge in [0.25, 0.3) is 0 Å². The zero-order valence-corrected chi connectivity index (χ0v) is 34.0. The number of furan rings is 1. The molecule has 0 amide bonds. The van der Waals surface area contributed by atoms with Gasteiger partial charge in [-0.2, -0.15) is 0 Å². The molecule has 0 spiro atoms. The first-order valence-electron chi connectivity index (χ1n) is 21.3. The molecule has 0 atom stereocenters. The first-order chi connectivity index (χ1) is 31.2. The lowest BCUT2D eigenvalue weighted by Gasteiger charge is -2.16. The molecule has 0 bridgehead atoms. The van der Waals surface area contributed by atoms with E-state index in [0.717, 1.165) is 66.1 Å². The van der Waals surface area contributed by atoms with Crippen LogP contribution < -0.4 is 0 Å². The van der Waals surface area contributed by atoms with Gasteiger partial charge in [-0.3, -0.25) is 0 Å². The average Bonchev–Trinajstić information content (AvgIpc) is 3.74. The van der Waals surface area contributed by atoms with E-state index < -0.39 is 0 Å². The number of rotatable bonds is 5. The number of benzene rings is 11. The van der Waals surface area contributed by atoms with Crippen LogP contribution in [0.15, 0.2) is 217 Å². The second-order valence-corrected chi connectivity index (χ2v) is 16.3. The van der Waals surface area contributed by atoms with Gasteiger partial charge in [0.2, 0.25) is 0 Å². The largest absolute Gasteiger partial charge is 0.455 e. The molecule has 4 nitrogen and oxygen atoms in total. The van der Waals surface area contributed by atoms with E-state index >= 15 is 0 Å². The van der Waals surface area contributed by atoms with E-state index in [1.165, 1.54) is 48.7 Å². The second-order valence-electron chi connectivity index (χ2n) is 16.3. The van der Waals surface area contributed by atoms with Gasteiger partial charge in [-0.25, -0.2) is 15.0 Å². The molecule has 0 N–H and O–H groups in total. The fourth-order valence-corrected chi connectivity index (χ4v) is 9.79. The Morgan fingerprint density at radius 3 is 1.41 bits per heavy atom. The topological polar surface area (TPSA) is 51.8 Å². The fraction of sp³-hybridized carbons (Fsp3) is 0. The van der Waals surface area contributed by atoms with Gasteiger partial charge < -0.3 is 4.42 Å². The number of hydrogen-bond acceptors (Lipinski definition) is 4. The standard InChI is InChI=1S/C59H35N3O/c1-3-19-40-37(15-1)34-53(46-25-9-5-21-42(40)46)36-17-13-18-39(33-36)57-60-58(62-59(61-57)52-29-14-28-50-49-27-11-12-30-55(49)63-56(50)52)51-32-31-48(44-23-7-8-24-45(44)51)54-35-38-16-2-4-20-41(38)43-22-6-10-26-47(43)54/h1-35H. The molecule has 2 aromatic heterocycles. The van der Waals surface area contributed by atoms with Crippen molar-refractivity contribution in [3.63, 3.8) is 0 Å². The minimum Gasteiger partial charge on any atom is -0.455 e. The van der Waals surface area contributed by atoms with E-state index in [2.05, 4.69) is 194 Å². The van der Waals surface area contributed by atoms with Crippen molar-refractivity contribution in [2.75, 3.05) is 0 Å².